The van der Waals surface area contributed by atoms with E-state index in [1.165, 1.54) is 25.3 Å². The molecule has 0 unspecified atom stereocenters. The van der Waals surface area contributed by atoms with Gasteiger partial charge in [0.2, 0.25) is 0 Å². The number of methoxy groups -OCH3 is 1. The molecular weight excluding hydrogens is 282 g/mol. The van der Waals surface area contributed by atoms with Crippen LogP contribution in [0.25, 0.3) is 0 Å². The number of ether oxygens (including phenoxy) is 3. The first kappa shape index (κ1) is 16.4. The lowest BCUT2D eigenvalue weighted by atomic mass is 10.2. The van der Waals surface area contributed by atoms with Crippen molar-refractivity contribution in [2.45, 2.75) is 12.8 Å². The highest BCUT2D eigenvalue weighted by Crippen LogP contribution is 2.31. The smallest absolute Gasteiger partial charge is 0.305 e. The first-order valence-corrected chi connectivity index (χ1v) is 6.13. The van der Waals surface area contributed by atoms with Gasteiger partial charge < -0.3 is 14.2 Å². The van der Waals surface area contributed by atoms with Crippen LogP contribution < -0.4 is 9.47 Å². The molecule has 21 heavy (non-hydrogen) atoms. The fourth-order valence-corrected chi connectivity index (χ4v) is 1.47. The number of benzene rings is 1. The van der Waals surface area contributed by atoms with E-state index in [9.17, 15) is 19.7 Å². The van der Waals surface area contributed by atoms with Gasteiger partial charge in [-0.25, -0.2) is 0 Å². The fraction of sp³-hybridized carbons (Fsp3) is 0.385. The Kier molecular flexibility index (Phi) is 6.66. The topological polar surface area (TPSA) is 105 Å². The summed E-state index contributed by atoms with van der Waals surface area (Å²) in [7, 11) is 1.30. The van der Waals surface area contributed by atoms with Crippen molar-refractivity contribution in [3.8, 4) is 11.5 Å². The second-order valence-corrected chi connectivity index (χ2v) is 3.89. The van der Waals surface area contributed by atoms with Crippen LogP contribution in [0.15, 0.2) is 18.2 Å². The van der Waals surface area contributed by atoms with Crippen molar-refractivity contribution >= 4 is 17.9 Å². The van der Waals surface area contributed by atoms with Crippen LogP contribution in [0.3, 0.4) is 0 Å². The Hall–Kier alpha value is -2.64. The zero-order valence-electron chi connectivity index (χ0n) is 11.4. The van der Waals surface area contributed by atoms with Crippen LogP contribution in [0.2, 0.25) is 0 Å². The standard InChI is InChI=1S/C13H15NO7/c1-19-13(16)3-2-7-20-11-5-4-10(14(17)18)9-12(11)21-8-6-15/h4-6,9H,2-3,7-8H2,1H3. The first-order chi connectivity index (χ1) is 10.1. The molecule has 1 rings (SSSR count). The van der Waals surface area contributed by atoms with Gasteiger partial charge >= 0.3 is 5.97 Å². The lowest BCUT2D eigenvalue weighted by Crippen LogP contribution is -2.06. The maximum atomic E-state index is 10.9. The van der Waals surface area contributed by atoms with Gasteiger partial charge in [-0.2, -0.15) is 0 Å². The van der Waals surface area contributed by atoms with Gasteiger partial charge in [0.05, 0.1) is 24.7 Å². The quantitative estimate of drug-likeness (QED) is 0.223. The van der Waals surface area contributed by atoms with Crippen LogP contribution in [0, 0.1) is 10.1 Å². The van der Waals surface area contributed by atoms with Crippen molar-refractivity contribution in [2.75, 3.05) is 20.3 Å². The van der Waals surface area contributed by atoms with Crippen LogP contribution >= 0.6 is 0 Å². The van der Waals surface area contributed by atoms with E-state index < -0.39 is 4.92 Å². The highest BCUT2D eigenvalue weighted by Gasteiger charge is 2.13. The number of nitro groups is 1. The number of nitrogens with zero attached hydrogens (tertiary/aromatic N) is 1. The molecule has 0 bridgehead atoms. The van der Waals surface area contributed by atoms with Gasteiger partial charge in [0.25, 0.3) is 5.69 Å². The zero-order chi connectivity index (χ0) is 15.7. The summed E-state index contributed by atoms with van der Waals surface area (Å²) in [6.45, 7) is -0.0238. The van der Waals surface area contributed by atoms with E-state index in [1.807, 2.05) is 0 Å². The van der Waals surface area contributed by atoms with Crippen molar-refractivity contribution in [1.29, 1.82) is 0 Å². The molecule has 0 aliphatic rings. The predicted octanol–water partition coefficient (Wildman–Crippen LogP) is 1.50. The van der Waals surface area contributed by atoms with E-state index >= 15 is 0 Å². The minimum absolute atomic E-state index is 0.106. The summed E-state index contributed by atoms with van der Waals surface area (Å²) < 4.78 is 15.0. The minimum Gasteiger partial charge on any atom is -0.490 e. The summed E-state index contributed by atoms with van der Waals surface area (Å²) in [6, 6.07) is 3.83. The lowest BCUT2D eigenvalue weighted by Gasteiger charge is -2.11. The van der Waals surface area contributed by atoms with Gasteiger partial charge in [-0.05, 0) is 12.5 Å². The van der Waals surface area contributed by atoms with E-state index in [2.05, 4.69) is 4.74 Å². The third-order valence-electron chi connectivity index (χ3n) is 2.46. The Bertz CT molecular complexity index is 515. The minimum atomic E-state index is -0.575. The molecule has 8 heteroatoms. The van der Waals surface area contributed by atoms with Crippen molar-refractivity contribution in [2.24, 2.45) is 0 Å². The van der Waals surface area contributed by atoms with Crippen molar-refractivity contribution in [3.05, 3.63) is 28.3 Å². The maximum absolute atomic E-state index is 10.9. The van der Waals surface area contributed by atoms with E-state index in [-0.39, 0.29) is 42.8 Å². The van der Waals surface area contributed by atoms with Gasteiger partial charge in [-0.1, -0.05) is 0 Å². The van der Waals surface area contributed by atoms with Crippen molar-refractivity contribution < 1.29 is 28.7 Å². The molecule has 0 atom stereocenters. The van der Waals surface area contributed by atoms with E-state index in [0.29, 0.717) is 12.7 Å². The number of hydrogen-bond acceptors (Lipinski definition) is 7. The highest BCUT2D eigenvalue weighted by molar-refractivity contribution is 5.69. The van der Waals surface area contributed by atoms with Crippen LogP contribution in [0.1, 0.15) is 12.8 Å². The molecule has 0 spiro atoms. The van der Waals surface area contributed by atoms with Crippen LogP contribution in [-0.2, 0) is 14.3 Å². The largest absolute Gasteiger partial charge is 0.490 e. The molecule has 0 fully saturated rings. The lowest BCUT2D eigenvalue weighted by molar-refractivity contribution is -0.385. The second-order valence-electron chi connectivity index (χ2n) is 3.89. The summed E-state index contributed by atoms with van der Waals surface area (Å²) in [6.07, 6.45) is 1.16. The second kappa shape index (κ2) is 8.51. The monoisotopic (exact) mass is 297 g/mol. The first-order valence-electron chi connectivity index (χ1n) is 6.13. The molecule has 0 radical (unpaired) electrons. The predicted molar refractivity (Wildman–Crippen MR) is 71.4 cm³/mol. The maximum Gasteiger partial charge on any atom is 0.305 e. The van der Waals surface area contributed by atoms with Gasteiger partial charge in [0.15, 0.2) is 17.8 Å². The molecule has 114 valence electrons. The third kappa shape index (κ3) is 5.47. The summed E-state index contributed by atoms with van der Waals surface area (Å²) in [5.41, 5.74) is -0.169. The Morgan fingerprint density at radius 3 is 2.71 bits per heavy atom. The fourth-order valence-electron chi connectivity index (χ4n) is 1.47. The zero-order valence-corrected chi connectivity index (χ0v) is 11.4. The molecule has 0 aromatic heterocycles. The average molecular weight is 297 g/mol. The molecule has 1 aromatic rings. The Morgan fingerprint density at radius 1 is 1.33 bits per heavy atom. The summed E-state index contributed by atoms with van der Waals surface area (Å²) in [5.74, 6) is 0.0291. The average Bonchev–Trinajstić information content (AvgIpc) is 2.49. The molecule has 0 N–H and O–H groups in total. The molecular formula is C13H15NO7. The summed E-state index contributed by atoms with van der Waals surface area (Å²) >= 11 is 0. The van der Waals surface area contributed by atoms with E-state index in [0.717, 1.165) is 0 Å². The molecule has 0 amide bonds. The molecule has 1 aromatic carbocycles. The Balaban J connectivity index is 2.68. The number of carbonyl (C=O) groups excluding carboxylic acids is 2. The van der Waals surface area contributed by atoms with E-state index in [4.69, 9.17) is 9.47 Å². The van der Waals surface area contributed by atoms with E-state index in [1.54, 1.807) is 0 Å². The Labute approximate surface area is 120 Å². The van der Waals surface area contributed by atoms with Crippen LogP contribution in [0.5, 0.6) is 11.5 Å². The third-order valence-corrected chi connectivity index (χ3v) is 2.46. The van der Waals surface area contributed by atoms with Gasteiger partial charge in [0.1, 0.15) is 6.61 Å². The molecule has 0 saturated carbocycles. The SMILES string of the molecule is COC(=O)CCCOc1ccc([N+](=O)[O-])cc1OCC=O. The van der Waals surface area contributed by atoms with Gasteiger partial charge in [-0.3, -0.25) is 19.7 Å². The number of carbonyl (C=O) groups is 2. The van der Waals surface area contributed by atoms with Gasteiger partial charge in [0, 0.05) is 12.5 Å². The molecule has 0 aliphatic heterocycles. The summed E-state index contributed by atoms with van der Waals surface area (Å²) in [4.78, 5) is 31.4. The van der Waals surface area contributed by atoms with Crippen LogP contribution in [0.4, 0.5) is 5.69 Å². The normalized spacial score (nSPS) is 9.76. The molecule has 0 saturated heterocycles. The van der Waals surface area contributed by atoms with Crippen LogP contribution in [-0.4, -0.2) is 37.5 Å². The number of non-ortho nitro benzene ring substituents is 1. The molecule has 8 nitrogen and oxygen atoms in total. The molecule has 0 heterocycles. The van der Waals surface area contributed by atoms with Gasteiger partial charge in [-0.15, -0.1) is 0 Å². The van der Waals surface area contributed by atoms with Crippen molar-refractivity contribution in [1.82, 2.24) is 0 Å². The summed E-state index contributed by atoms with van der Waals surface area (Å²) in [5, 5.41) is 10.7. The highest BCUT2D eigenvalue weighted by atomic mass is 16.6. The number of nitro benzene ring substituents is 1. The Morgan fingerprint density at radius 2 is 2.10 bits per heavy atom. The number of rotatable bonds is 9. The number of hydrogen-bond donors (Lipinski definition) is 0. The number of esters is 1. The number of aldehydes is 1. The van der Waals surface area contributed by atoms with Crippen molar-refractivity contribution in [3.63, 3.8) is 0 Å². The molecule has 0 aliphatic carbocycles.